The number of nitrogens with zero attached hydrogens (tertiary/aromatic N) is 2. The zero-order chi connectivity index (χ0) is 33.2. The molecule has 46 heavy (non-hydrogen) atoms. The van der Waals surface area contributed by atoms with Gasteiger partial charge in [0.2, 0.25) is 5.91 Å². The van der Waals surface area contributed by atoms with Crippen molar-refractivity contribution >= 4 is 26.0 Å². The van der Waals surface area contributed by atoms with Gasteiger partial charge in [-0.3, -0.25) is 4.79 Å². The molecule has 3 aromatic rings. The van der Waals surface area contributed by atoms with Crippen molar-refractivity contribution < 1.29 is 32.3 Å². The SMILES string of the molecule is CC(C)(C[C@@H](CCC1C(=O)N(c2ccc(F)cc2)C1c1ccc(OC(=O)N2CCNCC2)cc1F)c1ccc(F)cc1)[Si](C)(C)O. The van der Waals surface area contributed by atoms with E-state index in [1.165, 1.54) is 53.4 Å². The second kappa shape index (κ2) is 13.6. The van der Waals surface area contributed by atoms with E-state index in [0.29, 0.717) is 51.1 Å². The first-order valence-corrected chi connectivity index (χ1v) is 18.7. The van der Waals surface area contributed by atoms with Gasteiger partial charge in [-0.05, 0) is 91.3 Å². The quantitative estimate of drug-likeness (QED) is 0.180. The number of benzene rings is 3. The van der Waals surface area contributed by atoms with Crippen LogP contribution in [0.15, 0.2) is 66.7 Å². The van der Waals surface area contributed by atoms with Gasteiger partial charge in [-0.25, -0.2) is 18.0 Å². The Kier molecular flexibility index (Phi) is 9.95. The molecule has 2 saturated heterocycles. The lowest BCUT2D eigenvalue weighted by Gasteiger charge is -2.48. The van der Waals surface area contributed by atoms with Gasteiger partial charge in [0, 0.05) is 43.5 Å². The fourth-order valence-electron chi connectivity index (χ4n) is 6.27. The van der Waals surface area contributed by atoms with E-state index >= 15 is 4.39 Å². The third kappa shape index (κ3) is 7.32. The summed E-state index contributed by atoms with van der Waals surface area (Å²) >= 11 is 0. The lowest BCUT2D eigenvalue weighted by molar-refractivity contribution is -0.130. The summed E-state index contributed by atoms with van der Waals surface area (Å²) in [6, 6.07) is 15.4. The van der Waals surface area contributed by atoms with Gasteiger partial charge in [0.15, 0.2) is 8.32 Å². The highest BCUT2D eigenvalue weighted by atomic mass is 28.4. The van der Waals surface area contributed by atoms with Crippen molar-refractivity contribution in [2.75, 3.05) is 31.1 Å². The zero-order valence-corrected chi connectivity index (χ0v) is 27.7. The molecule has 3 atom stereocenters. The van der Waals surface area contributed by atoms with Crippen molar-refractivity contribution in [1.29, 1.82) is 0 Å². The monoisotopic (exact) mass is 653 g/mol. The van der Waals surface area contributed by atoms with Gasteiger partial charge in [0.05, 0.1) is 12.0 Å². The first kappa shape index (κ1) is 33.7. The second-order valence-electron chi connectivity index (χ2n) is 13.5. The molecule has 11 heteroatoms. The van der Waals surface area contributed by atoms with Gasteiger partial charge >= 0.3 is 6.09 Å². The molecule has 2 N–H and O–H groups in total. The molecule has 2 aliphatic rings. The van der Waals surface area contributed by atoms with E-state index in [0.717, 1.165) is 11.6 Å². The first-order chi connectivity index (χ1) is 21.7. The number of carbonyl (C=O) groups is 2. The average molecular weight is 654 g/mol. The molecule has 7 nitrogen and oxygen atoms in total. The number of hydrogen-bond donors (Lipinski definition) is 2. The summed E-state index contributed by atoms with van der Waals surface area (Å²) in [6.07, 6.45) is 1.03. The number of ether oxygens (including phenoxy) is 1. The van der Waals surface area contributed by atoms with E-state index in [9.17, 15) is 23.2 Å². The second-order valence-corrected chi connectivity index (χ2v) is 18.0. The van der Waals surface area contributed by atoms with E-state index in [1.807, 2.05) is 26.9 Å². The van der Waals surface area contributed by atoms with E-state index in [4.69, 9.17) is 4.74 Å². The number of hydrogen-bond acceptors (Lipinski definition) is 5. The van der Waals surface area contributed by atoms with E-state index in [2.05, 4.69) is 5.32 Å². The van der Waals surface area contributed by atoms with Crippen LogP contribution in [-0.4, -0.2) is 56.2 Å². The van der Waals surface area contributed by atoms with Gasteiger partial charge in [-0.2, -0.15) is 0 Å². The number of anilines is 1. The minimum Gasteiger partial charge on any atom is -0.432 e. The highest BCUT2D eigenvalue weighted by molar-refractivity contribution is 6.72. The van der Waals surface area contributed by atoms with Crippen molar-refractivity contribution in [1.82, 2.24) is 10.2 Å². The molecule has 0 radical (unpaired) electrons. The normalized spacial score (nSPS) is 19.5. The Morgan fingerprint density at radius 3 is 2.20 bits per heavy atom. The molecular formula is C35H42F3N3O4Si. The van der Waals surface area contributed by atoms with Crippen molar-refractivity contribution in [2.45, 2.75) is 63.2 Å². The van der Waals surface area contributed by atoms with Crippen LogP contribution in [0.2, 0.25) is 18.1 Å². The summed E-state index contributed by atoms with van der Waals surface area (Å²) in [5, 5.41) is 2.79. The van der Waals surface area contributed by atoms with E-state index < -0.39 is 38.0 Å². The number of piperazine rings is 1. The zero-order valence-electron chi connectivity index (χ0n) is 26.7. The summed E-state index contributed by atoms with van der Waals surface area (Å²) < 4.78 is 48.9. The van der Waals surface area contributed by atoms with Gasteiger partial charge in [-0.15, -0.1) is 0 Å². The van der Waals surface area contributed by atoms with Crippen molar-refractivity contribution in [3.05, 3.63) is 95.3 Å². The molecule has 2 fully saturated rings. The lowest BCUT2D eigenvalue weighted by atomic mass is 9.75. The molecule has 2 heterocycles. The summed E-state index contributed by atoms with van der Waals surface area (Å²) in [5.74, 6) is -2.23. The molecule has 2 unspecified atom stereocenters. The summed E-state index contributed by atoms with van der Waals surface area (Å²) in [6.45, 7) is 10.2. The van der Waals surface area contributed by atoms with Crippen LogP contribution in [0.5, 0.6) is 5.75 Å². The molecule has 2 aliphatic heterocycles. The number of amides is 2. The maximum absolute atomic E-state index is 15.9. The van der Waals surface area contributed by atoms with Gasteiger partial charge < -0.3 is 24.6 Å². The minimum absolute atomic E-state index is 0.0645. The smallest absolute Gasteiger partial charge is 0.415 e. The summed E-state index contributed by atoms with van der Waals surface area (Å²) in [5.41, 5.74) is 1.62. The van der Waals surface area contributed by atoms with Crippen LogP contribution in [0, 0.1) is 23.4 Å². The van der Waals surface area contributed by atoms with E-state index in [1.54, 1.807) is 17.0 Å². The van der Waals surface area contributed by atoms with Gasteiger partial charge in [0.25, 0.3) is 0 Å². The third-order valence-electron chi connectivity index (χ3n) is 9.77. The molecule has 3 aromatic carbocycles. The lowest BCUT2D eigenvalue weighted by Crippen LogP contribution is -2.55. The van der Waals surface area contributed by atoms with Crippen LogP contribution in [0.3, 0.4) is 0 Å². The van der Waals surface area contributed by atoms with Crippen LogP contribution in [0.25, 0.3) is 0 Å². The standard InChI is InChI=1S/C35H42F3N3O4Si/c1-35(2,46(3,4)44)22-24(23-5-8-25(36)9-6-23)7-15-30-32(41(33(30)42)27-12-10-26(37)11-13-27)29-16-14-28(21-31(29)38)45-34(43)40-19-17-39-18-20-40/h5-6,8-14,16,21,24,30,32,39,44H,7,15,17-20,22H2,1-4H3/t24-,30?,32?/m1/s1. The van der Waals surface area contributed by atoms with Crippen LogP contribution >= 0.6 is 0 Å². The third-order valence-corrected chi connectivity index (χ3v) is 13.3. The van der Waals surface area contributed by atoms with Crippen molar-refractivity contribution in [2.24, 2.45) is 5.92 Å². The molecule has 0 aliphatic carbocycles. The Morgan fingerprint density at radius 1 is 1.00 bits per heavy atom. The Morgan fingerprint density at radius 2 is 1.61 bits per heavy atom. The predicted octanol–water partition coefficient (Wildman–Crippen LogP) is 7.14. The molecule has 246 valence electrons. The number of rotatable bonds is 10. The molecule has 0 saturated carbocycles. The fraction of sp³-hybridized carbons (Fsp3) is 0.429. The topological polar surface area (TPSA) is 82.1 Å². The Balaban J connectivity index is 1.41. The Bertz CT molecular complexity index is 1540. The van der Waals surface area contributed by atoms with Crippen LogP contribution in [0.4, 0.5) is 23.7 Å². The number of halogens is 3. The molecule has 2 amide bonds. The Labute approximate surface area is 269 Å². The van der Waals surface area contributed by atoms with Gasteiger partial charge in [0.1, 0.15) is 23.2 Å². The molecule has 0 bridgehead atoms. The average Bonchev–Trinajstić information content (AvgIpc) is 3.01. The maximum Gasteiger partial charge on any atom is 0.415 e. The summed E-state index contributed by atoms with van der Waals surface area (Å²) in [4.78, 5) is 40.4. The molecule has 5 rings (SSSR count). The number of β-lactam (4-membered cyclic amide) rings is 1. The van der Waals surface area contributed by atoms with Crippen molar-refractivity contribution in [3.63, 3.8) is 0 Å². The van der Waals surface area contributed by atoms with Crippen molar-refractivity contribution in [3.8, 4) is 5.75 Å². The van der Waals surface area contributed by atoms with Gasteiger partial charge in [-0.1, -0.05) is 32.0 Å². The molecule has 0 aromatic heterocycles. The molecular weight excluding hydrogens is 611 g/mol. The van der Waals surface area contributed by atoms with E-state index in [-0.39, 0.29) is 34.0 Å². The van der Waals surface area contributed by atoms with Crippen LogP contribution < -0.4 is 15.0 Å². The maximum atomic E-state index is 15.9. The largest absolute Gasteiger partial charge is 0.432 e. The molecule has 0 spiro atoms. The minimum atomic E-state index is -2.59. The van der Waals surface area contributed by atoms with Crippen LogP contribution in [0.1, 0.15) is 56.2 Å². The Hall–Kier alpha value is -3.67. The number of nitrogens with one attached hydrogen (secondary N) is 1. The first-order valence-electron chi connectivity index (χ1n) is 15.8. The predicted molar refractivity (Wildman–Crippen MR) is 174 cm³/mol. The number of carbonyl (C=O) groups excluding carboxylic acids is 2. The van der Waals surface area contributed by atoms with Crippen LogP contribution in [-0.2, 0) is 4.79 Å². The highest BCUT2D eigenvalue weighted by Gasteiger charge is 2.50. The highest BCUT2D eigenvalue weighted by Crippen LogP contribution is 2.50. The summed E-state index contributed by atoms with van der Waals surface area (Å²) in [7, 11) is -2.59. The fourth-order valence-corrected chi connectivity index (χ4v) is 7.01.